The van der Waals surface area contributed by atoms with E-state index in [1.807, 2.05) is 92.7 Å². The highest BCUT2D eigenvalue weighted by Gasteiger charge is 2.32. The number of allylic oxidation sites excluding steroid dienone is 1. The lowest BCUT2D eigenvalue weighted by molar-refractivity contribution is -0.113. The van der Waals surface area contributed by atoms with E-state index in [4.69, 9.17) is 19.2 Å². The Morgan fingerprint density at radius 1 is 1.00 bits per heavy atom. The van der Waals surface area contributed by atoms with E-state index in [9.17, 15) is 9.59 Å². The Balaban J connectivity index is 1.65. The Morgan fingerprint density at radius 3 is 2.49 bits per heavy atom. The number of nitrogens with zero attached hydrogens (tertiary/aromatic N) is 2. The fraction of sp³-hybridized carbons (Fsp3) is 0.219. The molecule has 0 saturated carbocycles. The van der Waals surface area contributed by atoms with Crippen LogP contribution in [-0.2, 0) is 4.79 Å². The van der Waals surface area contributed by atoms with E-state index in [0.717, 1.165) is 11.1 Å². The first-order chi connectivity index (χ1) is 19.9. The quantitative estimate of drug-likeness (QED) is 0.316. The molecule has 2 heterocycles. The summed E-state index contributed by atoms with van der Waals surface area (Å²) < 4.78 is 19.0. The molecule has 0 unspecified atom stereocenters. The van der Waals surface area contributed by atoms with Gasteiger partial charge < -0.3 is 19.5 Å². The number of ether oxygens (including phenoxy) is 3. The molecule has 0 aliphatic carbocycles. The smallest absolute Gasteiger partial charge is 0.271 e. The monoisotopic (exact) mass is 569 g/mol. The molecule has 0 spiro atoms. The predicted molar refractivity (Wildman–Crippen MR) is 161 cm³/mol. The van der Waals surface area contributed by atoms with Crippen molar-refractivity contribution in [1.29, 1.82) is 0 Å². The second-order valence-electron chi connectivity index (χ2n) is 9.25. The first-order valence-corrected chi connectivity index (χ1v) is 14.2. The lowest BCUT2D eigenvalue weighted by atomic mass is 9.95. The molecule has 1 aromatic heterocycles. The summed E-state index contributed by atoms with van der Waals surface area (Å²) in [7, 11) is 1.59. The Kier molecular flexibility index (Phi) is 8.35. The standard InChI is InChI=1S/C32H31N3O5S/c1-5-39-25-16-15-21(17-26(25)40-6-2)18-27-31(37)35-29(22-11-10-14-24(19-22)38-4)28(20(3)33-32(35)41-27)30(36)34-23-12-8-7-9-13-23/h7-19,29H,5-6H2,1-4H3,(H,34,36)/b27-18-/t29-/m0/s1. The van der Waals surface area contributed by atoms with Gasteiger partial charge in [-0.25, -0.2) is 4.99 Å². The zero-order valence-corrected chi connectivity index (χ0v) is 24.2. The van der Waals surface area contributed by atoms with Gasteiger partial charge in [-0.2, -0.15) is 0 Å². The van der Waals surface area contributed by atoms with Crippen LogP contribution < -0.4 is 34.4 Å². The van der Waals surface area contributed by atoms with Gasteiger partial charge in [0.1, 0.15) is 5.75 Å². The van der Waals surface area contributed by atoms with Gasteiger partial charge in [-0.3, -0.25) is 14.2 Å². The fourth-order valence-electron chi connectivity index (χ4n) is 4.77. The molecule has 0 radical (unpaired) electrons. The second-order valence-corrected chi connectivity index (χ2v) is 10.3. The van der Waals surface area contributed by atoms with Crippen molar-refractivity contribution in [3.8, 4) is 17.2 Å². The number of carbonyl (C=O) groups excluding carboxylic acids is 1. The Hall–Kier alpha value is -4.63. The third-order valence-electron chi connectivity index (χ3n) is 6.57. The van der Waals surface area contributed by atoms with E-state index in [-0.39, 0.29) is 11.5 Å². The van der Waals surface area contributed by atoms with Crippen molar-refractivity contribution in [3.05, 3.63) is 115 Å². The lowest BCUT2D eigenvalue weighted by Gasteiger charge is -2.25. The molecule has 1 atom stereocenters. The van der Waals surface area contributed by atoms with E-state index < -0.39 is 6.04 Å². The van der Waals surface area contributed by atoms with Crippen LogP contribution >= 0.6 is 11.3 Å². The molecule has 3 aromatic carbocycles. The predicted octanol–water partition coefficient (Wildman–Crippen LogP) is 4.68. The molecular weight excluding hydrogens is 538 g/mol. The van der Waals surface area contributed by atoms with E-state index >= 15 is 0 Å². The van der Waals surface area contributed by atoms with Crippen molar-refractivity contribution in [2.75, 3.05) is 25.6 Å². The molecule has 0 saturated heterocycles. The minimum atomic E-state index is -0.702. The topological polar surface area (TPSA) is 91.2 Å². The number of nitrogens with one attached hydrogen (secondary N) is 1. The molecule has 5 rings (SSSR count). The van der Waals surface area contributed by atoms with Crippen LogP contribution in [-0.4, -0.2) is 30.8 Å². The third-order valence-corrected chi connectivity index (χ3v) is 7.56. The Labute approximate surface area is 241 Å². The van der Waals surface area contributed by atoms with Gasteiger partial charge in [0, 0.05) is 5.69 Å². The number of aromatic nitrogens is 1. The molecule has 0 fully saturated rings. The number of methoxy groups -OCH3 is 1. The SMILES string of the molecule is CCOc1ccc(/C=c2\sc3n(c2=O)[C@@H](c2cccc(OC)c2)C(C(=O)Nc2ccccc2)=C(C)N=3)cc1OCC. The average molecular weight is 570 g/mol. The molecule has 0 bridgehead atoms. The maximum absolute atomic E-state index is 14.0. The number of amides is 1. The minimum absolute atomic E-state index is 0.245. The Bertz CT molecular complexity index is 1790. The van der Waals surface area contributed by atoms with Crippen LogP contribution in [0.2, 0.25) is 0 Å². The van der Waals surface area contributed by atoms with Crippen molar-refractivity contribution in [2.24, 2.45) is 4.99 Å². The molecule has 9 heteroatoms. The van der Waals surface area contributed by atoms with Gasteiger partial charge >= 0.3 is 0 Å². The van der Waals surface area contributed by atoms with Crippen molar-refractivity contribution in [2.45, 2.75) is 26.8 Å². The molecule has 1 N–H and O–H groups in total. The summed E-state index contributed by atoms with van der Waals surface area (Å²) in [6.45, 7) is 6.62. The highest BCUT2D eigenvalue weighted by Crippen LogP contribution is 2.33. The van der Waals surface area contributed by atoms with Gasteiger partial charge in [-0.15, -0.1) is 0 Å². The molecule has 1 amide bonds. The summed E-state index contributed by atoms with van der Waals surface area (Å²) in [5.41, 5.74) is 2.87. The molecule has 1 aliphatic rings. The van der Waals surface area contributed by atoms with Crippen LogP contribution in [0.15, 0.2) is 93.9 Å². The maximum Gasteiger partial charge on any atom is 0.271 e. The summed E-state index contributed by atoms with van der Waals surface area (Å²) in [4.78, 5) is 33.0. The van der Waals surface area contributed by atoms with Crippen LogP contribution in [0.4, 0.5) is 5.69 Å². The van der Waals surface area contributed by atoms with Gasteiger partial charge in [-0.05, 0) is 74.4 Å². The summed E-state index contributed by atoms with van der Waals surface area (Å²) in [5.74, 6) is 1.56. The number of anilines is 1. The zero-order chi connectivity index (χ0) is 28.9. The van der Waals surface area contributed by atoms with Crippen molar-refractivity contribution in [3.63, 3.8) is 0 Å². The first kappa shape index (κ1) is 27.9. The lowest BCUT2D eigenvalue weighted by Crippen LogP contribution is -2.40. The number of fused-ring (bicyclic) bond motifs is 1. The van der Waals surface area contributed by atoms with Crippen molar-refractivity contribution >= 4 is 29.0 Å². The number of carbonyl (C=O) groups is 1. The largest absolute Gasteiger partial charge is 0.497 e. The molecule has 1 aliphatic heterocycles. The molecular formula is C32H31N3O5S. The van der Waals surface area contributed by atoms with Crippen LogP contribution in [0.1, 0.15) is 37.9 Å². The highest BCUT2D eigenvalue weighted by molar-refractivity contribution is 7.07. The van der Waals surface area contributed by atoms with Crippen LogP contribution in [0.5, 0.6) is 17.2 Å². The number of benzene rings is 3. The maximum atomic E-state index is 14.0. The number of hydrogen-bond acceptors (Lipinski definition) is 7. The number of para-hydroxylation sites is 1. The zero-order valence-electron chi connectivity index (χ0n) is 23.3. The third kappa shape index (κ3) is 5.81. The van der Waals surface area contributed by atoms with E-state index in [1.165, 1.54) is 11.3 Å². The second kappa shape index (κ2) is 12.3. The summed E-state index contributed by atoms with van der Waals surface area (Å²) in [6, 6.07) is 21.5. The highest BCUT2D eigenvalue weighted by atomic mass is 32.1. The van der Waals surface area contributed by atoms with E-state index in [2.05, 4.69) is 5.32 Å². The van der Waals surface area contributed by atoms with Crippen LogP contribution in [0, 0.1) is 0 Å². The number of rotatable bonds is 9. The number of hydrogen-bond donors (Lipinski definition) is 1. The van der Waals surface area contributed by atoms with Crippen molar-refractivity contribution < 1.29 is 19.0 Å². The van der Waals surface area contributed by atoms with Crippen LogP contribution in [0.3, 0.4) is 0 Å². The van der Waals surface area contributed by atoms with E-state index in [1.54, 1.807) is 18.6 Å². The summed E-state index contributed by atoms with van der Waals surface area (Å²) in [6.07, 6.45) is 1.81. The van der Waals surface area contributed by atoms with Gasteiger partial charge in [0.15, 0.2) is 16.3 Å². The average Bonchev–Trinajstić information content (AvgIpc) is 3.28. The van der Waals surface area contributed by atoms with Gasteiger partial charge in [0.05, 0.1) is 42.2 Å². The number of thiazole rings is 1. The summed E-state index contributed by atoms with van der Waals surface area (Å²) in [5, 5.41) is 2.97. The fourth-order valence-corrected chi connectivity index (χ4v) is 5.81. The van der Waals surface area contributed by atoms with Crippen LogP contribution in [0.25, 0.3) is 6.08 Å². The van der Waals surface area contributed by atoms with E-state index in [0.29, 0.717) is 56.8 Å². The Morgan fingerprint density at radius 2 is 1.76 bits per heavy atom. The molecule has 4 aromatic rings. The summed E-state index contributed by atoms with van der Waals surface area (Å²) >= 11 is 1.28. The molecule has 210 valence electrons. The van der Waals surface area contributed by atoms with Gasteiger partial charge in [-0.1, -0.05) is 47.7 Å². The van der Waals surface area contributed by atoms with Crippen molar-refractivity contribution in [1.82, 2.24) is 4.57 Å². The molecule has 41 heavy (non-hydrogen) atoms. The van der Waals surface area contributed by atoms with Gasteiger partial charge in [0.2, 0.25) is 0 Å². The normalized spacial score (nSPS) is 14.7. The first-order valence-electron chi connectivity index (χ1n) is 13.4. The minimum Gasteiger partial charge on any atom is -0.497 e. The van der Waals surface area contributed by atoms with Gasteiger partial charge in [0.25, 0.3) is 11.5 Å². The molecule has 8 nitrogen and oxygen atoms in total.